The topological polar surface area (TPSA) is 113 Å². The number of hydrogen-bond acceptors (Lipinski definition) is 8. The maximum atomic E-state index is 12.9. The van der Waals surface area contributed by atoms with Gasteiger partial charge < -0.3 is 29.7 Å². The molecule has 2 aromatic heterocycles. The summed E-state index contributed by atoms with van der Waals surface area (Å²) in [6.07, 6.45) is 4.85. The number of rotatable bonds is 5. The number of carbonyl (C=O) groups is 2. The highest BCUT2D eigenvalue weighted by molar-refractivity contribution is 6.05. The number of nitrogens with one attached hydrogen (secondary N) is 2. The molecule has 1 fully saturated rings. The molecule has 1 aromatic carbocycles. The van der Waals surface area contributed by atoms with Crippen LogP contribution >= 0.6 is 0 Å². The van der Waals surface area contributed by atoms with E-state index in [1.54, 1.807) is 42.4 Å². The molecule has 1 saturated heterocycles. The van der Waals surface area contributed by atoms with E-state index in [0.29, 0.717) is 36.1 Å². The molecule has 10 heteroatoms. The monoisotopic (exact) mass is 462 g/mol. The predicted octanol–water partition coefficient (Wildman–Crippen LogP) is 3.42. The molecule has 4 heterocycles. The third-order valence-electron chi connectivity index (χ3n) is 6.27. The quantitative estimate of drug-likeness (QED) is 0.593. The first-order chi connectivity index (χ1) is 16.5. The van der Waals surface area contributed by atoms with Crippen LogP contribution in [0.2, 0.25) is 0 Å². The zero-order valence-corrected chi connectivity index (χ0v) is 19.0. The van der Waals surface area contributed by atoms with Crippen LogP contribution in [0.3, 0.4) is 0 Å². The first-order valence-electron chi connectivity index (χ1n) is 11.2. The Labute approximate surface area is 196 Å². The van der Waals surface area contributed by atoms with Crippen molar-refractivity contribution in [2.24, 2.45) is 0 Å². The summed E-state index contributed by atoms with van der Waals surface area (Å²) in [6.45, 7) is 3.32. The number of carbonyl (C=O) groups excluding carboxylic acids is 2. The van der Waals surface area contributed by atoms with Gasteiger partial charge in [0.1, 0.15) is 18.1 Å². The van der Waals surface area contributed by atoms with Crippen molar-refractivity contribution in [2.75, 3.05) is 40.7 Å². The van der Waals surface area contributed by atoms with E-state index in [2.05, 4.69) is 25.7 Å². The molecule has 0 bridgehead atoms. The molecule has 176 valence electrons. The molecule has 5 rings (SSSR count). The summed E-state index contributed by atoms with van der Waals surface area (Å²) in [4.78, 5) is 33.8. The molecule has 10 nitrogen and oxygen atoms in total. The van der Waals surface area contributed by atoms with E-state index in [1.165, 1.54) is 6.26 Å². The van der Waals surface area contributed by atoms with Crippen molar-refractivity contribution in [1.82, 2.24) is 10.1 Å². The van der Waals surface area contributed by atoms with Gasteiger partial charge in [-0.2, -0.15) is 0 Å². The van der Waals surface area contributed by atoms with Crippen LogP contribution in [0.5, 0.6) is 0 Å². The van der Waals surface area contributed by atoms with Gasteiger partial charge >= 0.3 is 0 Å². The molecule has 1 unspecified atom stereocenters. The Morgan fingerprint density at radius 1 is 1.12 bits per heavy atom. The summed E-state index contributed by atoms with van der Waals surface area (Å²) in [5.41, 5.74) is 2.92. The van der Waals surface area contributed by atoms with Crippen molar-refractivity contribution in [3.05, 3.63) is 54.4 Å². The van der Waals surface area contributed by atoms with Crippen LogP contribution in [0.25, 0.3) is 0 Å². The van der Waals surface area contributed by atoms with Crippen LogP contribution in [-0.2, 0) is 9.53 Å². The summed E-state index contributed by atoms with van der Waals surface area (Å²) < 4.78 is 10.3. The van der Waals surface area contributed by atoms with E-state index < -0.39 is 0 Å². The van der Waals surface area contributed by atoms with Crippen molar-refractivity contribution in [1.29, 1.82) is 0 Å². The highest BCUT2D eigenvalue weighted by Gasteiger charge is 2.38. The van der Waals surface area contributed by atoms with E-state index in [-0.39, 0.29) is 23.9 Å². The first kappa shape index (κ1) is 21.9. The van der Waals surface area contributed by atoms with E-state index in [1.807, 2.05) is 19.1 Å². The lowest BCUT2D eigenvalue weighted by Gasteiger charge is -2.45. The first-order valence-corrected chi connectivity index (χ1v) is 11.2. The molecule has 0 spiro atoms. The minimum Gasteiger partial charge on any atom is -0.381 e. The van der Waals surface area contributed by atoms with E-state index in [9.17, 15) is 9.59 Å². The van der Waals surface area contributed by atoms with Crippen LogP contribution in [0.4, 0.5) is 28.7 Å². The number of nitrogens with zero attached hydrogens (tertiary/aromatic N) is 4. The molecule has 2 aliphatic rings. The van der Waals surface area contributed by atoms with Gasteiger partial charge in [-0.1, -0.05) is 11.2 Å². The van der Waals surface area contributed by atoms with Gasteiger partial charge in [0, 0.05) is 49.7 Å². The van der Waals surface area contributed by atoms with Crippen molar-refractivity contribution >= 4 is 40.5 Å². The summed E-state index contributed by atoms with van der Waals surface area (Å²) in [5, 5.41) is 9.68. The van der Waals surface area contributed by atoms with Crippen molar-refractivity contribution in [2.45, 2.75) is 31.8 Å². The van der Waals surface area contributed by atoms with Crippen molar-refractivity contribution < 1.29 is 18.8 Å². The number of ether oxygens (including phenoxy) is 1. The fraction of sp³-hybridized carbons (Fsp3) is 0.333. The number of fused-ring (bicyclic) bond motifs is 1. The second-order valence-electron chi connectivity index (χ2n) is 8.43. The van der Waals surface area contributed by atoms with Crippen LogP contribution in [0.1, 0.15) is 30.1 Å². The summed E-state index contributed by atoms with van der Waals surface area (Å²) >= 11 is 0. The van der Waals surface area contributed by atoms with Gasteiger partial charge in [0.2, 0.25) is 5.91 Å². The summed E-state index contributed by atoms with van der Waals surface area (Å²) in [6, 6.07) is 10.6. The Balaban J connectivity index is 1.41. The minimum absolute atomic E-state index is 0.0485. The number of anilines is 5. The molecule has 2 aliphatic heterocycles. The zero-order chi connectivity index (χ0) is 23.7. The lowest BCUT2D eigenvalue weighted by atomic mass is 10.00. The average Bonchev–Trinajstić information content (AvgIpc) is 3.37. The Morgan fingerprint density at radius 3 is 2.71 bits per heavy atom. The SMILES string of the molecule is CC1C(=O)N(C)c2cnc(Nc3cccc(C(=O)Nc4ccon4)c3)cc2N1C1CCOCC1. The second kappa shape index (κ2) is 9.14. The Morgan fingerprint density at radius 2 is 1.94 bits per heavy atom. The fourth-order valence-electron chi connectivity index (χ4n) is 4.53. The highest BCUT2D eigenvalue weighted by Crippen LogP contribution is 2.39. The Bertz CT molecular complexity index is 1190. The molecule has 0 aliphatic carbocycles. The molecule has 2 amide bonds. The van der Waals surface area contributed by atoms with Gasteiger partial charge in [-0.15, -0.1) is 0 Å². The molecular weight excluding hydrogens is 436 g/mol. The molecule has 3 aromatic rings. The van der Waals surface area contributed by atoms with Crippen LogP contribution in [0, 0.1) is 0 Å². The van der Waals surface area contributed by atoms with Crippen molar-refractivity contribution in [3.63, 3.8) is 0 Å². The maximum Gasteiger partial charge on any atom is 0.256 e. The third-order valence-corrected chi connectivity index (χ3v) is 6.27. The molecular formula is C24H26N6O4. The fourth-order valence-corrected chi connectivity index (χ4v) is 4.53. The number of hydrogen-bond donors (Lipinski definition) is 2. The number of amides is 2. The highest BCUT2D eigenvalue weighted by atomic mass is 16.5. The summed E-state index contributed by atoms with van der Waals surface area (Å²) in [5.74, 6) is 0.725. The number of pyridine rings is 1. The van der Waals surface area contributed by atoms with E-state index in [4.69, 9.17) is 9.26 Å². The van der Waals surface area contributed by atoms with Gasteiger partial charge in [-0.25, -0.2) is 4.98 Å². The molecule has 0 saturated carbocycles. The number of likely N-dealkylation sites (N-methyl/N-ethyl adjacent to an activating group) is 1. The molecule has 34 heavy (non-hydrogen) atoms. The van der Waals surface area contributed by atoms with E-state index >= 15 is 0 Å². The number of aromatic nitrogens is 2. The largest absolute Gasteiger partial charge is 0.381 e. The Hall–Kier alpha value is -3.92. The normalized spacial score (nSPS) is 18.5. The molecule has 0 radical (unpaired) electrons. The predicted molar refractivity (Wildman–Crippen MR) is 128 cm³/mol. The van der Waals surface area contributed by atoms with Gasteiger partial charge in [0.25, 0.3) is 5.91 Å². The molecule has 2 N–H and O–H groups in total. The van der Waals surface area contributed by atoms with Gasteiger partial charge in [-0.05, 0) is 38.0 Å². The van der Waals surface area contributed by atoms with Crippen LogP contribution < -0.4 is 20.4 Å². The van der Waals surface area contributed by atoms with Gasteiger partial charge in [-0.3, -0.25) is 9.59 Å². The lowest BCUT2D eigenvalue weighted by Crippen LogP contribution is -2.55. The summed E-state index contributed by atoms with van der Waals surface area (Å²) in [7, 11) is 1.78. The third kappa shape index (κ3) is 4.19. The zero-order valence-electron chi connectivity index (χ0n) is 19.0. The minimum atomic E-state index is -0.296. The maximum absolute atomic E-state index is 12.9. The smallest absolute Gasteiger partial charge is 0.256 e. The van der Waals surface area contributed by atoms with Crippen LogP contribution in [-0.4, -0.2) is 54.3 Å². The molecule has 1 atom stereocenters. The van der Waals surface area contributed by atoms with E-state index in [0.717, 1.165) is 24.2 Å². The lowest BCUT2D eigenvalue weighted by molar-refractivity contribution is -0.119. The number of benzene rings is 1. The van der Waals surface area contributed by atoms with Gasteiger partial charge in [0.05, 0.1) is 17.6 Å². The van der Waals surface area contributed by atoms with Gasteiger partial charge in [0.15, 0.2) is 5.82 Å². The average molecular weight is 463 g/mol. The van der Waals surface area contributed by atoms with Crippen LogP contribution in [0.15, 0.2) is 53.4 Å². The second-order valence-corrected chi connectivity index (χ2v) is 8.43. The van der Waals surface area contributed by atoms with Crippen molar-refractivity contribution in [3.8, 4) is 0 Å². The Kier molecular flexibility index (Phi) is 5.89. The standard InChI is InChI=1S/C24H26N6O4/c1-15-24(32)29(2)20-14-25-22(13-19(20)30(15)18-6-9-33-10-7-18)26-17-5-3-4-16(12-17)23(31)27-21-8-11-34-28-21/h3-5,8,11-15,18H,6-7,9-10H2,1-2H3,(H,25,26)(H,27,28,31).